The number of benzene rings is 3. The summed E-state index contributed by atoms with van der Waals surface area (Å²) in [6, 6.07) is 24.6. The minimum absolute atomic E-state index is 0.121. The molecular formula is C49H59Cl2F3N6O6S4. The third-order valence-electron chi connectivity index (χ3n) is 11.9. The van der Waals surface area contributed by atoms with Crippen LogP contribution in [0.3, 0.4) is 0 Å². The fourth-order valence-corrected chi connectivity index (χ4v) is 14.2. The monoisotopic (exact) mass is 1080 g/mol. The summed E-state index contributed by atoms with van der Waals surface area (Å²) in [5.41, 5.74) is 0.960. The molecule has 0 saturated carbocycles. The van der Waals surface area contributed by atoms with E-state index >= 15 is 0 Å². The zero-order chi connectivity index (χ0) is 50.3. The number of sulfonamides is 2. The van der Waals surface area contributed by atoms with Crippen molar-refractivity contribution < 1.29 is 39.6 Å². The molecule has 2 aromatic heterocycles. The molecule has 2 aliphatic rings. The fourth-order valence-electron chi connectivity index (χ4n) is 7.98. The van der Waals surface area contributed by atoms with Gasteiger partial charge in [-0.25, -0.2) is 16.8 Å². The lowest BCUT2D eigenvalue weighted by atomic mass is 10.00. The number of unbranched alkanes of at least 4 members (excludes halogenated alkanes) is 3. The van der Waals surface area contributed by atoms with Crippen LogP contribution in [0.25, 0.3) is 0 Å². The molecule has 0 radical (unpaired) electrons. The van der Waals surface area contributed by atoms with Crippen LogP contribution in [0.15, 0.2) is 105 Å². The molecule has 7 rings (SSSR count). The second kappa shape index (κ2) is 26.2. The van der Waals surface area contributed by atoms with Gasteiger partial charge in [-0.2, -0.15) is 21.8 Å². The van der Waals surface area contributed by atoms with Crippen molar-refractivity contribution in [1.82, 2.24) is 29.9 Å². The number of nitrogens with one attached hydrogen (secondary N) is 4. The lowest BCUT2D eigenvalue weighted by molar-refractivity contribution is -0.137. The summed E-state index contributed by atoms with van der Waals surface area (Å²) in [4.78, 5) is 26.1. The van der Waals surface area contributed by atoms with Gasteiger partial charge in [0.25, 0.3) is 31.9 Å². The smallest absolute Gasteiger partial charge is 0.347 e. The van der Waals surface area contributed by atoms with Crippen LogP contribution in [0.2, 0.25) is 10.0 Å². The van der Waals surface area contributed by atoms with E-state index in [4.69, 9.17) is 23.2 Å². The SMILES string of the molecule is CCCCCCNCC1CCCN(S(=O)(=O)c2ccc(CNC(=O)c3ccc(Cl)cc3)s2)C1.O=C(NCc1ccc(S(=O)(=O)N2CCCC(NCc3ccc(C(F)(F)F)cc3)C2)s1)c1ccc(Cl)cc1. The third kappa shape index (κ3) is 16.3. The fraction of sp³-hybridized carbons (Fsp3) is 0.429. The Morgan fingerprint density at radius 2 is 1.17 bits per heavy atom. The highest BCUT2D eigenvalue weighted by Crippen LogP contribution is 2.31. The van der Waals surface area contributed by atoms with Gasteiger partial charge in [-0.15, -0.1) is 22.7 Å². The van der Waals surface area contributed by atoms with Gasteiger partial charge in [-0.05, 0) is 142 Å². The molecule has 3 aromatic carbocycles. The summed E-state index contributed by atoms with van der Waals surface area (Å²) in [7, 11) is -7.23. The van der Waals surface area contributed by atoms with Gasteiger partial charge in [-0.1, -0.05) is 61.5 Å². The summed E-state index contributed by atoms with van der Waals surface area (Å²) in [6.45, 7) is 6.67. The average molecular weight is 1080 g/mol. The number of nitrogens with zero attached hydrogens (tertiary/aromatic N) is 2. The van der Waals surface area contributed by atoms with Crippen LogP contribution in [-0.2, 0) is 45.9 Å². The number of carbonyl (C=O) groups is 2. The van der Waals surface area contributed by atoms with Gasteiger partial charge in [0.05, 0.1) is 18.7 Å². The number of hydrogen-bond acceptors (Lipinski definition) is 10. The van der Waals surface area contributed by atoms with Crippen LogP contribution in [-0.4, -0.2) is 82.6 Å². The Morgan fingerprint density at radius 1 is 0.657 bits per heavy atom. The molecule has 12 nitrogen and oxygen atoms in total. The van der Waals surface area contributed by atoms with Gasteiger partial charge in [0, 0.05) is 69.7 Å². The van der Waals surface area contributed by atoms with Crippen LogP contribution in [0.5, 0.6) is 0 Å². The number of rotatable bonds is 20. The Morgan fingerprint density at radius 3 is 1.69 bits per heavy atom. The maximum atomic E-state index is 13.2. The van der Waals surface area contributed by atoms with E-state index in [1.165, 1.54) is 53.5 Å². The maximum Gasteiger partial charge on any atom is 0.416 e. The first kappa shape index (κ1) is 55.4. The van der Waals surface area contributed by atoms with Gasteiger partial charge in [-0.3, -0.25) is 9.59 Å². The predicted molar refractivity (Wildman–Crippen MR) is 272 cm³/mol. The molecule has 0 spiro atoms. The van der Waals surface area contributed by atoms with E-state index in [2.05, 4.69) is 28.2 Å². The number of hydrogen-bond donors (Lipinski definition) is 4. The van der Waals surface area contributed by atoms with Crippen LogP contribution in [0.4, 0.5) is 13.2 Å². The molecule has 2 saturated heterocycles. The van der Waals surface area contributed by atoms with Crippen molar-refractivity contribution >= 4 is 77.7 Å². The summed E-state index contributed by atoms with van der Waals surface area (Å²) in [5, 5.41) is 13.5. The Balaban J connectivity index is 0.000000231. The lowest BCUT2D eigenvalue weighted by Crippen LogP contribution is -2.47. The Labute approximate surface area is 427 Å². The molecule has 0 aliphatic carbocycles. The summed E-state index contributed by atoms with van der Waals surface area (Å²) < 4.78 is 94.8. The van der Waals surface area contributed by atoms with Gasteiger partial charge in [0.2, 0.25) is 0 Å². The molecule has 21 heteroatoms. The Hall–Kier alpha value is -3.89. The molecule has 2 aliphatic heterocycles. The van der Waals surface area contributed by atoms with Crippen molar-refractivity contribution in [2.75, 3.05) is 39.3 Å². The van der Waals surface area contributed by atoms with E-state index in [0.717, 1.165) is 60.7 Å². The third-order valence-corrected chi connectivity index (χ3v) is 19.2. The molecule has 2 unspecified atom stereocenters. The Bertz CT molecular complexity index is 2690. The molecule has 4 N–H and O–H groups in total. The normalized spacial score (nSPS) is 17.1. The van der Waals surface area contributed by atoms with Crippen LogP contribution >= 0.6 is 45.9 Å². The number of thiophene rings is 2. The van der Waals surface area contributed by atoms with Gasteiger partial charge >= 0.3 is 6.18 Å². The highest BCUT2D eigenvalue weighted by Gasteiger charge is 2.33. The molecule has 5 aromatic rings. The largest absolute Gasteiger partial charge is 0.416 e. The highest BCUT2D eigenvalue weighted by atomic mass is 35.5. The summed E-state index contributed by atoms with van der Waals surface area (Å²) in [6.07, 6.45) is 3.91. The zero-order valence-corrected chi connectivity index (χ0v) is 43.6. The van der Waals surface area contributed by atoms with Gasteiger partial charge in [0.1, 0.15) is 8.42 Å². The van der Waals surface area contributed by atoms with Crippen molar-refractivity contribution in [2.45, 2.75) is 98.6 Å². The molecule has 4 heterocycles. The van der Waals surface area contributed by atoms with Gasteiger partial charge < -0.3 is 21.3 Å². The number of halogens is 5. The first-order chi connectivity index (χ1) is 33.4. The maximum absolute atomic E-state index is 13.2. The van der Waals surface area contributed by atoms with E-state index in [9.17, 15) is 39.6 Å². The van der Waals surface area contributed by atoms with Crippen molar-refractivity contribution in [3.8, 4) is 0 Å². The zero-order valence-electron chi connectivity index (χ0n) is 38.8. The second-order valence-corrected chi connectivity index (χ2v) is 24.8. The average Bonchev–Trinajstić information content (AvgIpc) is 4.05. The number of alkyl halides is 3. The van der Waals surface area contributed by atoms with Gasteiger partial charge in [0.15, 0.2) is 0 Å². The van der Waals surface area contributed by atoms with Crippen LogP contribution < -0.4 is 21.3 Å². The van der Waals surface area contributed by atoms with E-state index < -0.39 is 31.8 Å². The van der Waals surface area contributed by atoms with E-state index in [1.54, 1.807) is 77.1 Å². The second-order valence-electron chi connectivity index (χ2n) is 17.2. The molecule has 2 atom stereocenters. The van der Waals surface area contributed by atoms with Crippen molar-refractivity contribution in [2.24, 2.45) is 5.92 Å². The molecule has 2 fully saturated rings. The molecular weight excluding hydrogens is 1020 g/mol. The first-order valence-electron chi connectivity index (χ1n) is 23.3. The molecule has 0 bridgehead atoms. The minimum atomic E-state index is -4.38. The van der Waals surface area contributed by atoms with E-state index in [1.807, 2.05) is 0 Å². The lowest BCUT2D eigenvalue weighted by Gasteiger charge is -2.32. The predicted octanol–water partition coefficient (Wildman–Crippen LogP) is 10.2. The Kier molecular flexibility index (Phi) is 20.7. The number of piperidine rings is 2. The van der Waals surface area contributed by atoms with Crippen molar-refractivity contribution in [1.29, 1.82) is 0 Å². The standard InChI is InChI=1S/C25H25ClF3N3O3S2.C24H34ClN3O3S2/c26-20-9-5-18(6-10-20)24(33)31-15-22-11-12-23(36-22)37(34,35)32-13-1-2-21(16-32)30-14-17-3-7-19(8-4-17)25(27,28)29;1-2-3-4-5-14-26-16-19-7-6-15-28(18-19)33(30,31)23-13-12-22(32-23)17-27-24(29)20-8-10-21(25)11-9-20/h3-12,21,30H,1-2,13-16H2,(H,31,33);8-13,19,26H,2-7,14-18H2,1H3,(H,27,29). The number of carbonyl (C=O) groups excluding carboxylic acids is 2. The summed E-state index contributed by atoms with van der Waals surface area (Å²) >= 11 is 14.0. The highest BCUT2D eigenvalue weighted by molar-refractivity contribution is 7.91. The van der Waals surface area contributed by atoms with Crippen molar-refractivity contribution in [3.05, 3.63) is 139 Å². The van der Waals surface area contributed by atoms with E-state index in [-0.39, 0.29) is 41.7 Å². The molecule has 380 valence electrons. The molecule has 2 amide bonds. The first-order valence-corrected chi connectivity index (χ1v) is 28.5. The topological polar surface area (TPSA) is 157 Å². The summed E-state index contributed by atoms with van der Waals surface area (Å²) in [5.74, 6) is -0.157. The van der Waals surface area contributed by atoms with E-state index in [0.29, 0.717) is 74.3 Å². The number of amides is 2. The van der Waals surface area contributed by atoms with Crippen LogP contribution in [0.1, 0.15) is 99.9 Å². The minimum Gasteiger partial charge on any atom is -0.347 e. The van der Waals surface area contributed by atoms with Crippen molar-refractivity contribution in [3.63, 3.8) is 0 Å². The molecule has 70 heavy (non-hydrogen) atoms. The quantitative estimate of drug-likeness (QED) is 0.0562. The van der Waals surface area contributed by atoms with Crippen LogP contribution in [0, 0.1) is 5.92 Å².